The van der Waals surface area contributed by atoms with E-state index in [1.165, 1.54) is 0 Å². The lowest BCUT2D eigenvalue weighted by Crippen LogP contribution is -2.09. The van der Waals surface area contributed by atoms with Gasteiger partial charge in [0.2, 0.25) is 0 Å². The molecule has 0 saturated heterocycles. The number of thioether (sulfide) groups is 1. The molecule has 0 aromatic carbocycles. The summed E-state index contributed by atoms with van der Waals surface area (Å²) in [5, 5.41) is 1.38. The Kier molecular flexibility index (Phi) is 4.66. The Hall–Kier alpha value is -0.830. The summed E-state index contributed by atoms with van der Waals surface area (Å²) >= 11 is 1.72. The van der Waals surface area contributed by atoms with Crippen molar-refractivity contribution in [2.75, 3.05) is 0 Å². The van der Waals surface area contributed by atoms with E-state index >= 15 is 0 Å². The number of rotatable bonds is 5. The predicted molar refractivity (Wildman–Crippen MR) is 61.3 cm³/mol. The van der Waals surface area contributed by atoms with Crippen molar-refractivity contribution >= 4 is 11.8 Å². The molecule has 2 nitrogen and oxygen atoms in total. The SMILES string of the molecule is C=CC[C@@H](C)[C@@H](C)Sc1ncccn1. The van der Waals surface area contributed by atoms with Gasteiger partial charge >= 0.3 is 0 Å². The molecule has 0 unspecified atom stereocenters. The minimum Gasteiger partial charge on any atom is -0.231 e. The molecule has 1 aromatic heterocycles. The van der Waals surface area contributed by atoms with Gasteiger partial charge in [0.05, 0.1) is 0 Å². The summed E-state index contributed by atoms with van der Waals surface area (Å²) in [5.74, 6) is 0.612. The van der Waals surface area contributed by atoms with E-state index in [1.54, 1.807) is 24.2 Å². The topological polar surface area (TPSA) is 25.8 Å². The minimum absolute atomic E-state index is 0.524. The third-order valence-electron chi connectivity index (χ3n) is 2.17. The summed E-state index contributed by atoms with van der Waals surface area (Å²) in [5.41, 5.74) is 0. The Balaban J connectivity index is 2.48. The summed E-state index contributed by atoms with van der Waals surface area (Å²) < 4.78 is 0. The maximum absolute atomic E-state index is 4.19. The Labute approximate surface area is 89.9 Å². The van der Waals surface area contributed by atoms with Crippen molar-refractivity contribution in [3.05, 3.63) is 31.1 Å². The summed E-state index contributed by atoms with van der Waals surface area (Å²) in [6.45, 7) is 8.18. The summed E-state index contributed by atoms with van der Waals surface area (Å²) in [4.78, 5) is 8.37. The van der Waals surface area contributed by atoms with Crippen LogP contribution >= 0.6 is 11.8 Å². The van der Waals surface area contributed by atoms with E-state index in [2.05, 4.69) is 30.4 Å². The first kappa shape index (κ1) is 11.2. The Morgan fingerprint density at radius 2 is 2.07 bits per heavy atom. The van der Waals surface area contributed by atoms with Gasteiger partial charge in [0.1, 0.15) is 0 Å². The van der Waals surface area contributed by atoms with Crippen LogP contribution in [0.15, 0.2) is 36.3 Å². The highest BCUT2D eigenvalue weighted by molar-refractivity contribution is 7.99. The van der Waals surface area contributed by atoms with Gasteiger partial charge in [-0.3, -0.25) is 0 Å². The zero-order valence-corrected chi connectivity index (χ0v) is 9.50. The average molecular weight is 208 g/mol. The molecule has 1 rings (SSSR count). The second kappa shape index (κ2) is 5.81. The smallest absolute Gasteiger partial charge is 0.187 e. The van der Waals surface area contributed by atoms with Crippen LogP contribution in [-0.4, -0.2) is 15.2 Å². The lowest BCUT2D eigenvalue weighted by atomic mass is 10.1. The molecule has 0 amide bonds. The van der Waals surface area contributed by atoms with Crippen LogP contribution < -0.4 is 0 Å². The van der Waals surface area contributed by atoms with Crippen LogP contribution in [0.25, 0.3) is 0 Å². The first-order valence-electron chi connectivity index (χ1n) is 4.78. The van der Waals surface area contributed by atoms with E-state index in [0.29, 0.717) is 11.2 Å². The normalized spacial score (nSPS) is 14.7. The molecule has 0 bridgehead atoms. The van der Waals surface area contributed by atoms with E-state index in [1.807, 2.05) is 12.1 Å². The van der Waals surface area contributed by atoms with Crippen LogP contribution in [0.1, 0.15) is 20.3 Å². The number of aromatic nitrogens is 2. The molecule has 3 heteroatoms. The van der Waals surface area contributed by atoms with Crippen LogP contribution in [0, 0.1) is 5.92 Å². The van der Waals surface area contributed by atoms with Crippen molar-refractivity contribution in [3.8, 4) is 0 Å². The molecule has 0 radical (unpaired) electrons. The maximum Gasteiger partial charge on any atom is 0.187 e. The highest BCUT2D eigenvalue weighted by Crippen LogP contribution is 2.26. The minimum atomic E-state index is 0.524. The van der Waals surface area contributed by atoms with Crippen molar-refractivity contribution in [3.63, 3.8) is 0 Å². The Morgan fingerprint density at radius 3 is 2.64 bits per heavy atom. The van der Waals surface area contributed by atoms with Crippen molar-refractivity contribution in [1.29, 1.82) is 0 Å². The molecule has 0 aliphatic carbocycles. The van der Waals surface area contributed by atoms with E-state index in [9.17, 15) is 0 Å². The highest BCUT2D eigenvalue weighted by Gasteiger charge is 2.13. The molecule has 0 N–H and O–H groups in total. The van der Waals surface area contributed by atoms with Crippen molar-refractivity contribution in [2.45, 2.75) is 30.7 Å². The van der Waals surface area contributed by atoms with Gasteiger partial charge in [-0.05, 0) is 18.4 Å². The first-order chi connectivity index (χ1) is 6.74. The Morgan fingerprint density at radius 1 is 1.43 bits per heavy atom. The number of allylic oxidation sites excluding steroid dienone is 1. The molecule has 0 spiro atoms. The van der Waals surface area contributed by atoms with Crippen LogP contribution in [0.2, 0.25) is 0 Å². The fourth-order valence-corrected chi connectivity index (χ4v) is 2.00. The van der Waals surface area contributed by atoms with Crippen molar-refractivity contribution in [1.82, 2.24) is 9.97 Å². The van der Waals surface area contributed by atoms with E-state index in [0.717, 1.165) is 11.6 Å². The molecule has 76 valence electrons. The third-order valence-corrected chi connectivity index (χ3v) is 3.43. The predicted octanol–water partition coefficient (Wildman–Crippen LogP) is 3.17. The summed E-state index contributed by atoms with van der Waals surface area (Å²) in [6, 6.07) is 1.84. The molecule has 0 aliphatic rings. The standard InChI is InChI=1S/C11H16N2S/c1-4-6-9(2)10(3)14-11-12-7-5-8-13-11/h4-5,7-10H,1,6H2,2-3H3/t9-,10-/m1/s1. The first-order valence-corrected chi connectivity index (χ1v) is 5.66. The summed E-state index contributed by atoms with van der Waals surface area (Å²) in [7, 11) is 0. The van der Waals surface area contributed by atoms with E-state index < -0.39 is 0 Å². The molecular weight excluding hydrogens is 192 g/mol. The molecular formula is C11H16N2S. The second-order valence-electron chi connectivity index (χ2n) is 3.36. The zero-order valence-electron chi connectivity index (χ0n) is 8.68. The number of hydrogen-bond donors (Lipinski definition) is 0. The van der Waals surface area contributed by atoms with Gasteiger partial charge in [-0.15, -0.1) is 6.58 Å². The van der Waals surface area contributed by atoms with Gasteiger partial charge in [0, 0.05) is 17.6 Å². The lowest BCUT2D eigenvalue weighted by Gasteiger charge is -2.16. The van der Waals surface area contributed by atoms with Crippen molar-refractivity contribution < 1.29 is 0 Å². The molecule has 14 heavy (non-hydrogen) atoms. The summed E-state index contributed by atoms with van der Waals surface area (Å²) in [6.07, 6.45) is 6.56. The number of hydrogen-bond acceptors (Lipinski definition) is 3. The van der Waals surface area contributed by atoms with Gasteiger partial charge < -0.3 is 0 Å². The number of nitrogens with zero attached hydrogens (tertiary/aromatic N) is 2. The van der Waals surface area contributed by atoms with Crippen LogP contribution in [0.3, 0.4) is 0 Å². The third kappa shape index (κ3) is 3.50. The maximum atomic E-state index is 4.19. The van der Waals surface area contributed by atoms with Crippen LogP contribution in [-0.2, 0) is 0 Å². The highest BCUT2D eigenvalue weighted by atomic mass is 32.2. The molecule has 2 atom stereocenters. The molecule has 1 heterocycles. The van der Waals surface area contributed by atoms with Gasteiger partial charge in [0.15, 0.2) is 5.16 Å². The van der Waals surface area contributed by atoms with E-state index in [4.69, 9.17) is 0 Å². The van der Waals surface area contributed by atoms with Gasteiger partial charge in [-0.25, -0.2) is 9.97 Å². The average Bonchev–Trinajstić information content (AvgIpc) is 2.19. The van der Waals surface area contributed by atoms with Gasteiger partial charge in [-0.1, -0.05) is 31.7 Å². The van der Waals surface area contributed by atoms with E-state index in [-0.39, 0.29) is 0 Å². The fourth-order valence-electron chi connectivity index (χ4n) is 1.08. The zero-order chi connectivity index (χ0) is 10.4. The monoisotopic (exact) mass is 208 g/mol. The van der Waals surface area contributed by atoms with Crippen molar-refractivity contribution in [2.24, 2.45) is 5.92 Å². The molecule has 0 fully saturated rings. The van der Waals surface area contributed by atoms with Crippen LogP contribution in [0.5, 0.6) is 0 Å². The van der Waals surface area contributed by atoms with Crippen LogP contribution in [0.4, 0.5) is 0 Å². The fraction of sp³-hybridized carbons (Fsp3) is 0.455. The molecule has 0 aliphatic heterocycles. The second-order valence-corrected chi connectivity index (χ2v) is 4.70. The van der Waals surface area contributed by atoms with Gasteiger partial charge in [0.25, 0.3) is 0 Å². The lowest BCUT2D eigenvalue weighted by molar-refractivity contribution is 0.586. The molecule has 1 aromatic rings. The Bertz CT molecular complexity index is 274. The quantitative estimate of drug-likeness (QED) is 0.422. The van der Waals surface area contributed by atoms with Gasteiger partial charge in [-0.2, -0.15) is 0 Å². The largest absolute Gasteiger partial charge is 0.231 e. The molecule has 0 saturated carbocycles.